The van der Waals surface area contributed by atoms with E-state index in [4.69, 9.17) is 10.8 Å². The Kier molecular flexibility index (Phi) is 4.77. The monoisotopic (exact) mass is 286 g/mol. The van der Waals surface area contributed by atoms with Crippen molar-refractivity contribution >= 4 is 11.7 Å². The SMILES string of the molecule is Nc1c(CCCc2ccccc2)c(CC(=O)O)c[nH]c1=O. The average Bonchev–Trinajstić information content (AvgIpc) is 2.47. The molecule has 0 radical (unpaired) electrons. The Balaban J connectivity index is 2.12. The molecule has 2 aromatic rings. The van der Waals surface area contributed by atoms with E-state index >= 15 is 0 Å². The largest absolute Gasteiger partial charge is 0.481 e. The molecule has 0 bridgehead atoms. The van der Waals surface area contributed by atoms with Gasteiger partial charge in [0.15, 0.2) is 0 Å². The minimum absolute atomic E-state index is 0.127. The quantitative estimate of drug-likeness (QED) is 0.754. The number of aliphatic carboxylic acids is 1. The van der Waals surface area contributed by atoms with E-state index in [1.165, 1.54) is 11.8 Å². The van der Waals surface area contributed by atoms with Crippen LogP contribution in [-0.4, -0.2) is 16.1 Å². The molecule has 0 saturated carbocycles. The van der Waals surface area contributed by atoms with Crippen LogP contribution in [0.2, 0.25) is 0 Å². The summed E-state index contributed by atoms with van der Waals surface area (Å²) in [6, 6.07) is 10.0. The van der Waals surface area contributed by atoms with Crippen LogP contribution < -0.4 is 11.3 Å². The second kappa shape index (κ2) is 6.74. The summed E-state index contributed by atoms with van der Waals surface area (Å²) in [5.74, 6) is -0.939. The van der Waals surface area contributed by atoms with E-state index in [1.807, 2.05) is 30.3 Å². The van der Waals surface area contributed by atoms with Crippen LogP contribution in [0.15, 0.2) is 41.3 Å². The molecule has 5 heteroatoms. The lowest BCUT2D eigenvalue weighted by atomic mass is 9.98. The second-order valence-corrected chi connectivity index (χ2v) is 4.94. The fourth-order valence-corrected chi connectivity index (χ4v) is 2.36. The minimum atomic E-state index is -0.939. The maximum absolute atomic E-state index is 11.6. The molecule has 0 fully saturated rings. The fraction of sp³-hybridized carbons (Fsp3) is 0.250. The van der Waals surface area contributed by atoms with E-state index in [-0.39, 0.29) is 17.7 Å². The van der Waals surface area contributed by atoms with Gasteiger partial charge in [-0.2, -0.15) is 0 Å². The fourth-order valence-electron chi connectivity index (χ4n) is 2.36. The van der Waals surface area contributed by atoms with Crippen molar-refractivity contribution < 1.29 is 9.90 Å². The Morgan fingerprint density at radius 3 is 2.57 bits per heavy atom. The first-order chi connectivity index (χ1) is 10.1. The molecule has 1 aromatic carbocycles. The van der Waals surface area contributed by atoms with Crippen LogP contribution in [-0.2, 0) is 24.1 Å². The van der Waals surface area contributed by atoms with Crippen LogP contribution >= 0.6 is 0 Å². The molecule has 110 valence electrons. The van der Waals surface area contributed by atoms with Gasteiger partial charge in [0.1, 0.15) is 5.69 Å². The summed E-state index contributed by atoms with van der Waals surface area (Å²) in [4.78, 5) is 24.9. The first-order valence-electron chi connectivity index (χ1n) is 6.82. The number of carbonyl (C=O) groups is 1. The summed E-state index contributed by atoms with van der Waals surface area (Å²) in [6.45, 7) is 0. The van der Waals surface area contributed by atoms with Gasteiger partial charge in [-0.15, -0.1) is 0 Å². The highest BCUT2D eigenvalue weighted by Crippen LogP contribution is 2.17. The number of carboxylic acid groups (broad SMARTS) is 1. The molecule has 0 saturated heterocycles. The number of benzene rings is 1. The molecule has 1 heterocycles. The zero-order valence-corrected chi connectivity index (χ0v) is 11.6. The molecular formula is C16H18N2O3. The lowest BCUT2D eigenvalue weighted by Crippen LogP contribution is -2.18. The number of anilines is 1. The van der Waals surface area contributed by atoms with E-state index in [9.17, 15) is 9.59 Å². The third-order valence-corrected chi connectivity index (χ3v) is 3.41. The van der Waals surface area contributed by atoms with Crippen LogP contribution in [0.5, 0.6) is 0 Å². The lowest BCUT2D eigenvalue weighted by Gasteiger charge is -2.10. The highest BCUT2D eigenvalue weighted by molar-refractivity contribution is 5.71. The van der Waals surface area contributed by atoms with Crippen molar-refractivity contribution in [3.63, 3.8) is 0 Å². The molecule has 4 N–H and O–H groups in total. The maximum Gasteiger partial charge on any atom is 0.307 e. The first kappa shape index (κ1) is 14.8. The number of aryl methyl sites for hydroxylation is 1. The number of hydrogen-bond donors (Lipinski definition) is 3. The molecule has 21 heavy (non-hydrogen) atoms. The molecule has 1 aromatic heterocycles. The van der Waals surface area contributed by atoms with E-state index in [2.05, 4.69) is 4.98 Å². The number of pyridine rings is 1. The van der Waals surface area contributed by atoms with Crippen molar-refractivity contribution in [1.82, 2.24) is 4.98 Å². The summed E-state index contributed by atoms with van der Waals surface area (Å²) in [7, 11) is 0. The van der Waals surface area contributed by atoms with Crippen LogP contribution in [0.4, 0.5) is 5.69 Å². The van der Waals surface area contributed by atoms with Crippen molar-refractivity contribution in [2.24, 2.45) is 0 Å². The van der Waals surface area contributed by atoms with Gasteiger partial charge in [-0.05, 0) is 36.0 Å². The Hall–Kier alpha value is -2.56. The Morgan fingerprint density at radius 1 is 1.19 bits per heavy atom. The Labute approximate surface area is 122 Å². The second-order valence-electron chi connectivity index (χ2n) is 4.94. The molecule has 0 aliphatic heterocycles. The van der Waals surface area contributed by atoms with Gasteiger partial charge in [-0.3, -0.25) is 9.59 Å². The molecule has 0 spiro atoms. The highest BCUT2D eigenvalue weighted by Gasteiger charge is 2.12. The number of H-pyrrole nitrogens is 1. The zero-order valence-electron chi connectivity index (χ0n) is 11.6. The third-order valence-electron chi connectivity index (χ3n) is 3.41. The number of nitrogens with two attached hydrogens (primary N) is 1. The predicted octanol–water partition coefficient (Wildman–Crippen LogP) is 1.76. The van der Waals surface area contributed by atoms with Crippen molar-refractivity contribution in [2.75, 3.05) is 5.73 Å². The summed E-state index contributed by atoms with van der Waals surface area (Å²) in [5.41, 5.74) is 8.00. The normalized spacial score (nSPS) is 10.5. The molecule has 0 aliphatic carbocycles. The zero-order chi connectivity index (χ0) is 15.2. The number of hydrogen-bond acceptors (Lipinski definition) is 3. The third kappa shape index (κ3) is 3.95. The summed E-state index contributed by atoms with van der Waals surface area (Å²) >= 11 is 0. The highest BCUT2D eigenvalue weighted by atomic mass is 16.4. The Bertz CT molecular complexity index is 678. The Morgan fingerprint density at radius 2 is 1.90 bits per heavy atom. The van der Waals surface area contributed by atoms with Gasteiger partial charge in [0.25, 0.3) is 5.56 Å². The smallest absolute Gasteiger partial charge is 0.307 e. The van der Waals surface area contributed by atoms with Gasteiger partial charge < -0.3 is 15.8 Å². The van der Waals surface area contributed by atoms with Crippen molar-refractivity contribution in [3.8, 4) is 0 Å². The van der Waals surface area contributed by atoms with Crippen molar-refractivity contribution in [2.45, 2.75) is 25.7 Å². The number of aromatic amines is 1. The molecule has 0 atom stereocenters. The molecule has 5 nitrogen and oxygen atoms in total. The number of rotatable bonds is 6. The molecular weight excluding hydrogens is 268 g/mol. The van der Waals surface area contributed by atoms with Crippen LogP contribution in [0, 0.1) is 0 Å². The molecule has 2 rings (SSSR count). The van der Waals surface area contributed by atoms with Crippen LogP contribution in [0.1, 0.15) is 23.1 Å². The standard InChI is InChI=1S/C16H18N2O3/c17-15-13(8-4-7-11-5-2-1-3-6-11)12(9-14(19)20)10-18-16(15)21/h1-3,5-6,10H,4,7-9,17H2,(H,18,21)(H,19,20). The molecule has 0 aliphatic rings. The lowest BCUT2D eigenvalue weighted by molar-refractivity contribution is -0.136. The average molecular weight is 286 g/mol. The van der Waals surface area contributed by atoms with Crippen molar-refractivity contribution in [3.05, 3.63) is 63.6 Å². The molecule has 0 amide bonds. The van der Waals surface area contributed by atoms with E-state index < -0.39 is 5.97 Å². The van der Waals surface area contributed by atoms with Crippen molar-refractivity contribution in [1.29, 1.82) is 0 Å². The first-order valence-corrected chi connectivity index (χ1v) is 6.82. The molecule has 0 unspecified atom stereocenters. The topological polar surface area (TPSA) is 96.2 Å². The number of carboxylic acids is 1. The maximum atomic E-state index is 11.6. The van der Waals surface area contributed by atoms with Gasteiger partial charge in [0, 0.05) is 6.20 Å². The summed E-state index contributed by atoms with van der Waals surface area (Å²) in [6.07, 6.45) is 3.57. The van der Waals surface area contributed by atoms with Gasteiger partial charge >= 0.3 is 5.97 Å². The van der Waals surface area contributed by atoms with Gasteiger partial charge in [-0.25, -0.2) is 0 Å². The minimum Gasteiger partial charge on any atom is -0.481 e. The number of nitrogen functional groups attached to an aromatic ring is 1. The van der Waals surface area contributed by atoms with Gasteiger partial charge in [0.05, 0.1) is 6.42 Å². The summed E-state index contributed by atoms with van der Waals surface area (Å²) < 4.78 is 0. The summed E-state index contributed by atoms with van der Waals surface area (Å²) in [5, 5.41) is 8.92. The van der Waals surface area contributed by atoms with Crippen LogP contribution in [0.25, 0.3) is 0 Å². The number of nitrogens with one attached hydrogen (secondary N) is 1. The number of aromatic nitrogens is 1. The van der Waals surface area contributed by atoms with E-state index in [1.54, 1.807) is 0 Å². The van der Waals surface area contributed by atoms with Crippen LogP contribution in [0.3, 0.4) is 0 Å². The van der Waals surface area contributed by atoms with E-state index in [0.717, 1.165) is 12.8 Å². The van der Waals surface area contributed by atoms with Gasteiger partial charge in [-0.1, -0.05) is 30.3 Å². The predicted molar refractivity (Wildman–Crippen MR) is 81.3 cm³/mol. The van der Waals surface area contributed by atoms with Gasteiger partial charge in [0.2, 0.25) is 0 Å². The van der Waals surface area contributed by atoms with E-state index in [0.29, 0.717) is 17.5 Å².